The highest BCUT2D eigenvalue weighted by Gasteiger charge is 2.21. The van der Waals surface area contributed by atoms with Gasteiger partial charge in [0.05, 0.1) is 25.0 Å². The van der Waals surface area contributed by atoms with Crippen molar-refractivity contribution in [1.82, 2.24) is 25.2 Å². The summed E-state index contributed by atoms with van der Waals surface area (Å²) in [4.78, 5) is 21.6. The molecule has 1 amide bonds. The maximum atomic E-state index is 11.4. The minimum absolute atomic E-state index is 0.00860. The first-order valence-electron chi connectivity index (χ1n) is 7.16. The minimum atomic E-state index is -0.713. The fraction of sp³-hybridized carbons (Fsp3) is 0.143. The number of aromatic nitrogens is 5. The Balaban J connectivity index is 1.95. The molecule has 11 nitrogen and oxygen atoms in total. The molecule has 0 atom stereocenters. The first-order valence-corrected chi connectivity index (χ1v) is 7.53. The number of primary amides is 1. The average Bonchev–Trinajstić information content (AvgIpc) is 3.22. The number of carbonyl (C=O) groups is 1. The van der Waals surface area contributed by atoms with E-state index in [-0.39, 0.29) is 17.3 Å². The Bertz CT molecular complexity index is 997. The second-order valence-electron chi connectivity index (χ2n) is 5.17. The summed E-state index contributed by atoms with van der Waals surface area (Å²) in [5, 5.41) is 24.6. The van der Waals surface area contributed by atoms with E-state index < -0.39 is 16.6 Å². The lowest BCUT2D eigenvalue weighted by atomic mass is 10.1. The number of rotatable bonds is 6. The third-order valence-electron chi connectivity index (χ3n) is 3.55. The molecule has 26 heavy (non-hydrogen) atoms. The van der Waals surface area contributed by atoms with Crippen molar-refractivity contribution in [2.45, 2.75) is 6.54 Å². The van der Waals surface area contributed by atoms with Crippen molar-refractivity contribution in [3.05, 3.63) is 50.8 Å². The normalized spacial score (nSPS) is 10.7. The van der Waals surface area contributed by atoms with E-state index in [1.165, 1.54) is 18.0 Å². The van der Waals surface area contributed by atoms with Crippen LogP contribution in [0, 0.1) is 10.1 Å². The van der Waals surface area contributed by atoms with Crippen molar-refractivity contribution >= 4 is 23.3 Å². The van der Waals surface area contributed by atoms with Crippen LogP contribution in [-0.4, -0.2) is 43.1 Å². The number of halogens is 1. The average molecular weight is 378 g/mol. The summed E-state index contributed by atoms with van der Waals surface area (Å²) in [6.07, 6.45) is 1.36. The van der Waals surface area contributed by atoms with Crippen molar-refractivity contribution < 1.29 is 14.5 Å². The maximum absolute atomic E-state index is 11.4. The first-order chi connectivity index (χ1) is 12.4. The van der Waals surface area contributed by atoms with Crippen molar-refractivity contribution in [1.29, 1.82) is 0 Å². The number of nitrogens with one attached hydrogen (secondary N) is 1. The summed E-state index contributed by atoms with van der Waals surface area (Å²) >= 11 is 5.80. The van der Waals surface area contributed by atoms with E-state index in [2.05, 4.69) is 20.5 Å². The molecule has 0 radical (unpaired) electrons. The first kappa shape index (κ1) is 17.4. The van der Waals surface area contributed by atoms with Gasteiger partial charge in [0, 0.05) is 11.1 Å². The number of aromatic amines is 1. The predicted octanol–water partition coefficient (Wildman–Crippen LogP) is 1.39. The zero-order chi connectivity index (χ0) is 18.8. The number of benzene rings is 1. The molecule has 3 rings (SSSR count). The number of ether oxygens (including phenoxy) is 1. The third-order valence-corrected chi connectivity index (χ3v) is 3.81. The van der Waals surface area contributed by atoms with Crippen LogP contribution in [0.15, 0.2) is 24.4 Å². The van der Waals surface area contributed by atoms with E-state index in [0.29, 0.717) is 22.6 Å². The molecule has 0 fully saturated rings. The van der Waals surface area contributed by atoms with Gasteiger partial charge in [-0.2, -0.15) is 20.1 Å². The predicted molar refractivity (Wildman–Crippen MR) is 89.9 cm³/mol. The van der Waals surface area contributed by atoms with E-state index in [1.807, 2.05) is 0 Å². The summed E-state index contributed by atoms with van der Waals surface area (Å²) < 4.78 is 6.69. The zero-order valence-electron chi connectivity index (χ0n) is 13.3. The van der Waals surface area contributed by atoms with Gasteiger partial charge in [0.1, 0.15) is 11.4 Å². The molecule has 12 heteroatoms. The Hall–Kier alpha value is -3.47. The number of amides is 1. The fourth-order valence-corrected chi connectivity index (χ4v) is 2.61. The van der Waals surface area contributed by atoms with Crippen molar-refractivity contribution in [2.24, 2.45) is 5.73 Å². The molecule has 0 aliphatic rings. The van der Waals surface area contributed by atoms with Crippen molar-refractivity contribution in [2.75, 3.05) is 7.11 Å². The summed E-state index contributed by atoms with van der Waals surface area (Å²) in [7, 11) is 1.47. The summed E-state index contributed by atoms with van der Waals surface area (Å²) in [6.45, 7) is 0.193. The largest absolute Gasteiger partial charge is 0.496 e. The molecule has 2 heterocycles. The smallest absolute Gasteiger partial charge is 0.408 e. The Morgan fingerprint density at radius 2 is 2.23 bits per heavy atom. The van der Waals surface area contributed by atoms with Gasteiger partial charge in [0.15, 0.2) is 10.7 Å². The minimum Gasteiger partial charge on any atom is -0.496 e. The number of nitrogens with two attached hydrogens (primary N) is 1. The summed E-state index contributed by atoms with van der Waals surface area (Å²) in [5.41, 5.74) is 6.82. The Kier molecular flexibility index (Phi) is 4.54. The summed E-state index contributed by atoms with van der Waals surface area (Å²) in [6, 6.07) is 5.07. The molecule has 0 saturated carbocycles. The van der Waals surface area contributed by atoms with Crippen LogP contribution in [-0.2, 0) is 6.54 Å². The molecule has 0 aliphatic carbocycles. The van der Waals surface area contributed by atoms with Gasteiger partial charge in [-0.25, -0.2) is 0 Å². The molecule has 0 unspecified atom stereocenters. The Labute approximate surface area is 150 Å². The SMILES string of the molecule is COc1cc(-c2n[nH]nc2C(N)=O)ccc1Cn1cc(Cl)c([N+](=O)[O-])n1. The van der Waals surface area contributed by atoms with E-state index >= 15 is 0 Å². The molecule has 0 spiro atoms. The van der Waals surface area contributed by atoms with Gasteiger partial charge in [-0.3, -0.25) is 4.79 Å². The van der Waals surface area contributed by atoms with Crippen molar-refractivity contribution in [3.63, 3.8) is 0 Å². The molecular weight excluding hydrogens is 366 g/mol. The van der Waals surface area contributed by atoms with Gasteiger partial charge >= 0.3 is 5.82 Å². The molecule has 134 valence electrons. The molecule has 1 aromatic carbocycles. The van der Waals surface area contributed by atoms with E-state index in [9.17, 15) is 14.9 Å². The highest BCUT2D eigenvalue weighted by Crippen LogP contribution is 2.29. The van der Waals surface area contributed by atoms with Crippen LogP contribution < -0.4 is 10.5 Å². The number of methoxy groups -OCH3 is 1. The van der Waals surface area contributed by atoms with Gasteiger partial charge < -0.3 is 20.6 Å². The highest BCUT2D eigenvalue weighted by atomic mass is 35.5. The lowest BCUT2D eigenvalue weighted by Gasteiger charge is -2.09. The van der Waals surface area contributed by atoms with Crippen LogP contribution in [0.5, 0.6) is 5.75 Å². The number of nitrogens with zero attached hydrogens (tertiary/aromatic N) is 5. The quantitative estimate of drug-likeness (QED) is 0.485. The number of hydrogen-bond acceptors (Lipinski definition) is 7. The number of hydrogen-bond donors (Lipinski definition) is 2. The van der Waals surface area contributed by atoms with Gasteiger partial charge in [-0.15, -0.1) is 0 Å². The number of nitro groups is 1. The second kappa shape index (κ2) is 6.80. The molecule has 3 aromatic rings. The highest BCUT2D eigenvalue weighted by molar-refractivity contribution is 6.32. The second-order valence-corrected chi connectivity index (χ2v) is 5.57. The zero-order valence-corrected chi connectivity index (χ0v) is 14.1. The van der Waals surface area contributed by atoms with E-state index in [4.69, 9.17) is 22.1 Å². The monoisotopic (exact) mass is 377 g/mol. The fourth-order valence-electron chi connectivity index (χ4n) is 2.39. The molecular formula is C14H12ClN7O4. The van der Waals surface area contributed by atoms with Gasteiger partial charge in [0.25, 0.3) is 5.91 Å². The van der Waals surface area contributed by atoms with Gasteiger partial charge in [-0.05, 0) is 11.0 Å². The maximum Gasteiger partial charge on any atom is 0.408 e. The molecule has 0 bridgehead atoms. The van der Waals surface area contributed by atoms with Gasteiger partial charge in [-0.1, -0.05) is 23.7 Å². The van der Waals surface area contributed by atoms with Crippen LogP contribution >= 0.6 is 11.6 Å². The Morgan fingerprint density at radius 3 is 2.85 bits per heavy atom. The van der Waals surface area contributed by atoms with Crippen LogP contribution in [0.1, 0.15) is 16.1 Å². The molecule has 3 N–H and O–H groups in total. The van der Waals surface area contributed by atoms with Gasteiger partial charge in [0.2, 0.25) is 0 Å². The lowest BCUT2D eigenvalue weighted by molar-refractivity contribution is -0.389. The van der Waals surface area contributed by atoms with Crippen LogP contribution in [0.25, 0.3) is 11.3 Å². The number of carbonyl (C=O) groups excluding carboxylic acids is 1. The van der Waals surface area contributed by atoms with Crippen molar-refractivity contribution in [3.8, 4) is 17.0 Å². The van der Waals surface area contributed by atoms with E-state index in [0.717, 1.165) is 0 Å². The van der Waals surface area contributed by atoms with E-state index in [1.54, 1.807) is 18.2 Å². The standard InChI is InChI=1S/C14H12ClN7O4/c1-26-10-4-7(11-12(13(16)23)18-20-17-11)2-3-8(10)5-21-6-9(15)14(19-21)22(24)25/h2-4,6H,5H2,1H3,(H2,16,23)(H,17,18,20). The lowest BCUT2D eigenvalue weighted by Crippen LogP contribution is -2.12. The Morgan fingerprint density at radius 1 is 1.46 bits per heavy atom. The van der Waals surface area contributed by atoms with Crippen LogP contribution in [0.4, 0.5) is 5.82 Å². The molecule has 0 aliphatic heterocycles. The molecule has 0 saturated heterocycles. The molecule has 2 aromatic heterocycles. The third kappa shape index (κ3) is 3.19. The van der Waals surface area contributed by atoms with Crippen LogP contribution in [0.2, 0.25) is 5.02 Å². The van der Waals surface area contributed by atoms with Crippen LogP contribution in [0.3, 0.4) is 0 Å². The topological polar surface area (TPSA) is 155 Å². The summed E-state index contributed by atoms with van der Waals surface area (Å²) in [5.74, 6) is -0.665. The number of H-pyrrole nitrogens is 1.